The Balaban J connectivity index is 2.19. The van der Waals surface area contributed by atoms with Gasteiger partial charge in [-0.25, -0.2) is 0 Å². The SMILES string of the molecule is O=C(Cl)C1(C(=O)Cl)C=CC(C#Cc2ccccc2)=CC1. The molecule has 0 bridgehead atoms. The highest BCUT2D eigenvalue weighted by Gasteiger charge is 2.41. The molecule has 0 aromatic heterocycles. The van der Waals surface area contributed by atoms with Gasteiger partial charge >= 0.3 is 0 Å². The molecule has 0 aliphatic heterocycles. The van der Waals surface area contributed by atoms with Crippen LogP contribution in [0.15, 0.2) is 54.1 Å². The van der Waals surface area contributed by atoms with Crippen molar-refractivity contribution >= 4 is 33.7 Å². The van der Waals surface area contributed by atoms with Crippen molar-refractivity contribution in [1.82, 2.24) is 0 Å². The summed E-state index contributed by atoms with van der Waals surface area (Å²) in [6, 6.07) is 9.51. The predicted octanol–water partition coefficient (Wildman–Crippen LogP) is 3.44. The summed E-state index contributed by atoms with van der Waals surface area (Å²) in [5, 5.41) is -1.56. The van der Waals surface area contributed by atoms with E-state index < -0.39 is 15.9 Å². The minimum Gasteiger partial charge on any atom is -0.280 e. The van der Waals surface area contributed by atoms with Gasteiger partial charge in [0.15, 0.2) is 0 Å². The first-order valence-corrected chi connectivity index (χ1v) is 6.66. The zero-order valence-electron chi connectivity index (χ0n) is 10.4. The summed E-state index contributed by atoms with van der Waals surface area (Å²) in [7, 11) is 0. The van der Waals surface area contributed by atoms with Crippen LogP contribution in [0.2, 0.25) is 0 Å². The Labute approximate surface area is 127 Å². The number of allylic oxidation sites excluding steroid dienone is 4. The van der Waals surface area contributed by atoms with E-state index in [1.165, 1.54) is 6.08 Å². The molecule has 0 amide bonds. The Hall–Kier alpha value is -1.82. The van der Waals surface area contributed by atoms with E-state index in [0.29, 0.717) is 0 Å². The van der Waals surface area contributed by atoms with Crippen LogP contribution in [0, 0.1) is 17.3 Å². The fourth-order valence-electron chi connectivity index (χ4n) is 1.77. The molecule has 1 aromatic rings. The van der Waals surface area contributed by atoms with Crippen LogP contribution in [0.5, 0.6) is 0 Å². The number of carbonyl (C=O) groups is 2. The van der Waals surface area contributed by atoms with Gasteiger partial charge in [0, 0.05) is 11.1 Å². The highest BCUT2D eigenvalue weighted by Crippen LogP contribution is 2.34. The molecular weight excluding hydrogens is 295 g/mol. The first kappa shape index (κ1) is 14.6. The molecule has 2 rings (SSSR count). The van der Waals surface area contributed by atoms with Crippen LogP contribution in [-0.2, 0) is 9.59 Å². The molecular formula is C16H10Cl2O2. The molecule has 0 saturated carbocycles. The number of hydrogen-bond acceptors (Lipinski definition) is 2. The summed E-state index contributed by atoms with van der Waals surface area (Å²) in [5.41, 5.74) is 0.155. The smallest absolute Gasteiger partial charge is 0.240 e. The van der Waals surface area contributed by atoms with Gasteiger partial charge in [0.1, 0.15) is 5.41 Å². The van der Waals surface area contributed by atoms with Crippen LogP contribution in [0.4, 0.5) is 0 Å². The summed E-state index contributed by atoms with van der Waals surface area (Å²) in [4.78, 5) is 22.8. The number of benzene rings is 1. The number of carbonyl (C=O) groups excluding carboxylic acids is 2. The molecule has 0 atom stereocenters. The van der Waals surface area contributed by atoms with E-state index in [-0.39, 0.29) is 6.42 Å². The molecule has 1 aliphatic rings. The van der Waals surface area contributed by atoms with Crippen molar-refractivity contribution in [2.75, 3.05) is 0 Å². The lowest BCUT2D eigenvalue weighted by Crippen LogP contribution is -2.32. The zero-order chi connectivity index (χ0) is 14.6. The molecule has 100 valence electrons. The summed E-state index contributed by atoms with van der Waals surface area (Å²) in [6.45, 7) is 0. The largest absolute Gasteiger partial charge is 0.280 e. The Morgan fingerprint density at radius 2 is 1.70 bits per heavy atom. The van der Waals surface area contributed by atoms with E-state index in [2.05, 4.69) is 11.8 Å². The minimum absolute atomic E-state index is 0.132. The van der Waals surface area contributed by atoms with Gasteiger partial charge in [0.2, 0.25) is 10.5 Å². The summed E-state index contributed by atoms with van der Waals surface area (Å²) < 4.78 is 0. The molecule has 0 spiro atoms. The van der Waals surface area contributed by atoms with E-state index in [4.69, 9.17) is 23.2 Å². The second-order valence-corrected chi connectivity index (χ2v) is 5.02. The molecule has 0 unspecified atom stereocenters. The average molecular weight is 305 g/mol. The van der Waals surface area contributed by atoms with Gasteiger partial charge in [-0.3, -0.25) is 9.59 Å². The maximum atomic E-state index is 11.4. The van der Waals surface area contributed by atoms with Crippen molar-refractivity contribution < 1.29 is 9.59 Å². The summed E-state index contributed by atoms with van der Waals surface area (Å²) in [5.74, 6) is 5.96. The number of rotatable bonds is 2. The Morgan fingerprint density at radius 1 is 1.05 bits per heavy atom. The van der Waals surface area contributed by atoms with Crippen LogP contribution in [0.1, 0.15) is 12.0 Å². The molecule has 1 aliphatic carbocycles. The summed E-state index contributed by atoms with van der Waals surface area (Å²) in [6.07, 6.45) is 4.84. The third-order valence-electron chi connectivity index (χ3n) is 3.02. The zero-order valence-corrected chi connectivity index (χ0v) is 11.9. The Kier molecular flexibility index (Phi) is 4.44. The first-order valence-electron chi connectivity index (χ1n) is 5.91. The average Bonchev–Trinajstić information content (AvgIpc) is 2.46. The topological polar surface area (TPSA) is 34.1 Å². The normalized spacial score (nSPS) is 15.8. The van der Waals surface area contributed by atoms with Gasteiger partial charge in [-0.1, -0.05) is 42.2 Å². The fraction of sp³-hybridized carbons (Fsp3) is 0.125. The molecule has 2 nitrogen and oxygen atoms in total. The third-order valence-corrected chi connectivity index (χ3v) is 3.69. The maximum Gasteiger partial charge on any atom is 0.240 e. The maximum absolute atomic E-state index is 11.4. The van der Waals surface area contributed by atoms with E-state index in [9.17, 15) is 9.59 Å². The first-order chi connectivity index (χ1) is 9.54. The Bertz CT molecular complexity index is 647. The van der Waals surface area contributed by atoms with Crippen LogP contribution in [0.3, 0.4) is 0 Å². The fourth-order valence-corrected chi connectivity index (χ4v) is 2.27. The minimum atomic E-state index is -1.46. The van der Waals surface area contributed by atoms with E-state index in [1.54, 1.807) is 12.2 Å². The molecule has 4 heteroatoms. The van der Waals surface area contributed by atoms with Crippen LogP contribution in [-0.4, -0.2) is 10.5 Å². The van der Waals surface area contributed by atoms with Crippen LogP contribution < -0.4 is 0 Å². The molecule has 20 heavy (non-hydrogen) atoms. The highest BCUT2D eigenvalue weighted by atomic mass is 35.5. The van der Waals surface area contributed by atoms with Crippen LogP contribution >= 0.6 is 23.2 Å². The van der Waals surface area contributed by atoms with Crippen molar-refractivity contribution in [3.8, 4) is 11.8 Å². The second kappa shape index (κ2) is 6.09. The lowest BCUT2D eigenvalue weighted by Gasteiger charge is -2.22. The molecule has 0 radical (unpaired) electrons. The molecule has 0 N–H and O–H groups in total. The highest BCUT2D eigenvalue weighted by molar-refractivity contribution is 6.75. The van der Waals surface area contributed by atoms with Gasteiger partial charge in [-0.15, -0.1) is 0 Å². The van der Waals surface area contributed by atoms with Gasteiger partial charge in [-0.2, -0.15) is 0 Å². The van der Waals surface area contributed by atoms with Crippen molar-refractivity contribution in [2.24, 2.45) is 5.41 Å². The van der Waals surface area contributed by atoms with Crippen molar-refractivity contribution in [1.29, 1.82) is 0 Å². The van der Waals surface area contributed by atoms with E-state index >= 15 is 0 Å². The molecule has 0 heterocycles. The number of halogens is 2. The lowest BCUT2D eigenvalue weighted by atomic mass is 9.82. The van der Waals surface area contributed by atoms with Gasteiger partial charge < -0.3 is 0 Å². The van der Waals surface area contributed by atoms with Gasteiger partial charge in [0.05, 0.1) is 0 Å². The Morgan fingerprint density at radius 3 is 2.20 bits per heavy atom. The van der Waals surface area contributed by atoms with Gasteiger partial charge in [0.25, 0.3) is 0 Å². The standard InChI is InChI=1S/C16H10Cl2O2/c17-14(19)16(15(18)20)10-8-13(9-11-16)7-6-12-4-2-1-3-5-12/h1-5,8-10H,11H2. The van der Waals surface area contributed by atoms with Crippen molar-refractivity contribution in [3.05, 3.63) is 59.7 Å². The van der Waals surface area contributed by atoms with Crippen molar-refractivity contribution in [3.63, 3.8) is 0 Å². The second-order valence-electron chi connectivity index (χ2n) is 4.33. The quantitative estimate of drug-likeness (QED) is 0.476. The molecule has 0 saturated heterocycles. The predicted molar refractivity (Wildman–Crippen MR) is 79.3 cm³/mol. The van der Waals surface area contributed by atoms with E-state index in [1.807, 2.05) is 30.3 Å². The van der Waals surface area contributed by atoms with E-state index in [0.717, 1.165) is 11.1 Å². The van der Waals surface area contributed by atoms with Crippen LogP contribution in [0.25, 0.3) is 0 Å². The van der Waals surface area contributed by atoms with Crippen molar-refractivity contribution in [2.45, 2.75) is 6.42 Å². The molecule has 0 fully saturated rings. The van der Waals surface area contributed by atoms with Gasteiger partial charge in [-0.05, 0) is 47.8 Å². The lowest BCUT2D eigenvalue weighted by molar-refractivity contribution is -0.128. The number of hydrogen-bond donors (Lipinski definition) is 0. The summed E-state index contributed by atoms with van der Waals surface area (Å²) >= 11 is 10.9. The monoisotopic (exact) mass is 304 g/mol. The third kappa shape index (κ3) is 3.01. The molecule has 1 aromatic carbocycles.